The topological polar surface area (TPSA) is 99.4 Å². The molecule has 0 aliphatic carbocycles. The zero-order valence-corrected chi connectivity index (χ0v) is 11.7. The predicted molar refractivity (Wildman–Crippen MR) is 69.8 cm³/mol. The molecule has 7 heteroatoms. The van der Waals surface area contributed by atoms with Crippen molar-refractivity contribution in [1.29, 1.82) is 0 Å². The van der Waals surface area contributed by atoms with E-state index >= 15 is 0 Å². The second kappa shape index (κ2) is 6.33. The van der Waals surface area contributed by atoms with Crippen LogP contribution in [-0.2, 0) is 11.3 Å². The predicted octanol–water partition coefficient (Wildman–Crippen LogP) is 0.0949. The van der Waals surface area contributed by atoms with Crippen LogP contribution in [-0.4, -0.2) is 36.6 Å². The van der Waals surface area contributed by atoms with Crippen LogP contribution in [0, 0.1) is 5.41 Å². The maximum atomic E-state index is 11.2. The molecule has 1 amide bonds. The number of nitrogens with two attached hydrogens (primary N) is 1. The molecule has 1 aromatic heterocycles. The number of carbonyl (C=O) groups is 1. The number of hydrogen-bond acceptors (Lipinski definition) is 6. The van der Waals surface area contributed by atoms with Gasteiger partial charge in [-0.1, -0.05) is 0 Å². The summed E-state index contributed by atoms with van der Waals surface area (Å²) >= 11 is 0. The Morgan fingerprint density at radius 2 is 1.84 bits per heavy atom. The van der Waals surface area contributed by atoms with Gasteiger partial charge in [-0.05, 0) is 13.8 Å². The molecule has 0 aliphatic rings. The zero-order chi connectivity index (χ0) is 14.5. The number of amides is 1. The number of rotatable bonds is 7. The third kappa shape index (κ3) is 3.78. The van der Waals surface area contributed by atoms with Gasteiger partial charge in [0.1, 0.15) is 6.33 Å². The molecular formula is C12H20N4O3. The lowest BCUT2D eigenvalue weighted by atomic mass is 9.93. The minimum atomic E-state index is -0.629. The van der Waals surface area contributed by atoms with Gasteiger partial charge in [0.15, 0.2) is 0 Å². The van der Waals surface area contributed by atoms with E-state index in [1.807, 2.05) is 0 Å². The molecule has 1 aromatic rings. The van der Waals surface area contributed by atoms with E-state index in [4.69, 9.17) is 15.2 Å². The average Bonchev–Trinajstić information content (AvgIpc) is 2.38. The van der Waals surface area contributed by atoms with E-state index in [0.29, 0.717) is 30.4 Å². The molecule has 0 radical (unpaired) electrons. The van der Waals surface area contributed by atoms with Crippen molar-refractivity contribution in [3.8, 4) is 11.8 Å². The number of ether oxygens (including phenoxy) is 2. The first-order valence-corrected chi connectivity index (χ1v) is 5.85. The average molecular weight is 268 g/mol. The van der Waals surface area contributed by atoms with Crippen molar-refractivity contribution in [3.05, 3.63) is 11.9 Å². The summed E-state index contributed by atoms with van der Waals surface area (Å²) < 4.78 is 10.3. The lowest BCUT2D eigenvalue weighted by Crippen LogP contribution is -2.40. The molecule has 0 fully saturated rings. The molecular weight excluding hydrogens is 248 g/mol. The van der Waals surface area contributed by atoms with Gasteiger partial charge < -0.3 is 20.5 Å². The molecule has 0 aromatic carbocycles. The maximum Gasteiger partial charge on any atom is 0.224 e. The summed E-state index contributed by atoms with van der Waals surface area (Å²) in [6.07, 6.45) is 1.37. The molecule has 0 spiro atoms. The quantitative estimate of drug-likeness (QED) is 0.727. The summed E-state index contributed by atoms with van der Waals surface area (Å²) in [7, 11) is 3.05. The van der Waals surface area contributed by atoms with Crippen LogP contribution in [0.5, 0.6) is 11.8 Å². The highest BCUT2D eigenvalue weighted by Crippen LogP contribution is 2.23. The fourth-order valence-corrected chi connectivity index (χ4v) is 1.47. The number of primary amides is 1. The monoisotopic (exact) mass is 268 g/mol. The summed E-state index contributed by atoms with van der Waals surface area (Å²) in [6.45, 7) is 4.41. The number of nitrogens with zero attached hydrogens (tertiary/aromatic N) is 2. The molecule has 1 heterocycles. The first-order chi connectivity index (χ1) is 8.92. The van der Waals surface area contributed by atoms with E-state index in [-0.39, 0.29) is 5.91 Å². The van der Waals surface area contributed by atoms with Crippen LogP contribution in [0.15, 0.2) is 6.33 Å². The third-order valence-electron chi connectivity index (χ3n) is 2.79. The van der Waals surface area contributed by atoms with Crippen molar-refractivity contribution in [2.24, 2.45) is 11.1 Å². The van der Waals surface area contributed by atoms with Crippen LogP contribution in [0.25, 0.3) is 0 Å². The van der Waals surface area contributed by atoms with Crippen molar-refractivity contribution < 1.29 is 14.3 Å². The molecule has 0 aliphatic heterocycles. The molecule has 0 atom stereocenters. The van der Waals surface area contributed by atoms with Gasteiger partial charge in [-0.15, -0.1) is 0 Å². The Bertz CT molecular complexity index is 426. The summed E-state index contributed by atoms with van der Waals surface area (Å²) in [5.74, 6) is 0.524. The zero-order valence-electron chi connectivity index (χ0n) is 11.7. The fraction of sp³-hybridized carbons (Fsp3) is 0.583. The van der Waals surface area contributed by atoms with Gasteiger partial charge in [-0.25, -0.2) is 9.97 Å². The van der Waals surface area contributed by atoms with Crippen LogP contribution in [0.2, 0.25) is 0 Å². The second-order valence-corrected chi connectivity index (χ2v) is 4.72. The van der Waals surface area contributed by atoms with Crippen LogP contribution in [0.1, 0.15) is 19.4 Å². The highest BCUT2D eigenvalue weighted by atomic mass is 16.5. The molecule has 19 heavy (non-hydrogen) atoms. The minimum absolute atomic E-state index is 0.358. The van der Waals surface area contributed by atoms with Gasteiger partial charge in [0.25, 0.3) is 0 Å². The van der Waals surface area contributed by atoms with E-state index in [9.17, 15) is 4.79 Å². The molecule has 0 bridgehead atoms. The van der Waals surface area contributed by atoms with Crippen molar-refractivity contribution in [2.75, 3.05) is 20.8 Å². The summed E-state index contributed by atoms with van der Waals surface area (Å²) in [6, 6.07) is 0. The molecule has 0 unspecified atom stereocenters. The van der Waals surface area contributed by atoms with Gasteiger partial charge in [0.05, 0.1) is 25.2 Å². The van der Waals surface area contributed by atoms with E-state index in [2.05, 4.69) is 15.3 Å². The number of aromatic nitrogens is 2. The highest BCUT2D eigenvalue weighted by molar-refractivity contribution is 5.80. The van der Waals surface area contributed by atoms with Crippen LogP contribution in [0.4, 0.5) is 0 Å². The van der Waals surface area contributed by atoms with Gasteiger partial charge in [0.2, 0.25) is 17.7 Å². The third-order valence-corrected chi connectivity index (χ3v) is 2.79. The molecule has 0 saturated carbocycles. The Labute approximate surface area is 112 Å². The summed E-state index contributed by atoms with van der Waals surface area (Å²) in [5.41, 5.74) is 5.38. The normalized spacial score (nSPS) is 11.2. The molecule has 3 N–H and O–H groups in total. The Morgan fingerprint density at radius 3 is 2.26 bits per heavy atom. The van der Waals surface area contributed by atoms with Gasteiger partial charge in [-0.3, -0.25) is 4.79 Å². The van der Waals surface area contributed by atoms with E-state index in [0.717, 1.165) is 0 Å². The van der Waals surface area contributed by atoms with E-state index in [1.54, 1.807) is 13.8 Å². The molecule has 7 nitrogen and oxygen atoms in total. The lowest BCUT2D eigenvalue weighted by Gasteiger charge is -2.21. The number of carbonyl (C=O) groups excluding carboxylic acids is 1. The lowest BCUT2D eigenvalue weighted by molar-refractivity contribution is -0.125. The summed E-state index contributed by atoms with van der Waals surface area (Å²) in [4.78, 5) is 19.2. The Balaban J connectivity index is 2.75. The molecule has 1 rings (SSSR count). The minimum Gasteiger partial charge on any atom is -0.481 e. The first-order valence-electron chi connectivity index (χ1n) is 5.85. The SMILES string of the molecule is COc1ncnc(OC)c1CNCC(C)(C)C(N)=O. The maximum absolute atomic E-state index is 11.2. The molecule has 106 valence electrons. The molecule has 0 saturated heterocycles. The van der Waals surface area contributed by atoms with Crippen LogP contribution < -0.4 is 20.5 Å². The van der Waals surface area contributed by atoms with Gasteiger partial charge in [0, 0.05) is 13.1 Å². The Kier molecular flexibility index (Phi) is 5.05. The fourth-order valence-electron chi connectivity index (χ4n) is 1.47. The number of nitrogens with one attached hydrogen (secondary N) is 1. The van der Waals surface area contributed by atoms with Crippen LogP contribution >= 0.6 is 0 Å². The van der Waals surface area contributed by atoms with Crippen molar-refractivity contribution in [1.82, 2.24) is 15.3 Å². The van der Waals surface area contributed by atoms with Crippen molar-refractivity contribution in [2.45, 2.75) is 20.4 Å². The summed E-state index contributed by atoms with van der Waals surface area (Å²) in [5, 5.41) is 3.13. The standard InChI is InChI=1S/C12H20N4O3/c1-12(2,11(13)17)6-14-5-8-9(18-3)15-7-16-10(8)19-4/h7,14H,5-6H2,1-4H3,(H2,13,17). The number of hydrogen-bond donors (Lipinski definition) is 2. The van der Waals surface area contributed by atoms with Crippen LogP contribution in [0.3, 0.4) is 0 Å². The second-order valence-electron chi connectivity index (χ2n) is 4.72. The largest absolute Gasteiger partial charge is 0.481 e. The van der Waals surface area contributed by atoms with Gasteiger partial charge in [-0.2, -0.15) is 0 Å². The van der Waals surface area contributed by atoms with Crippen molar-refractivity contribution >= 4 is 5.91 Å². The van der Waals surface area contributed by atoms with E-state index in [1.165, 1.54) is 20.5 Å². The smallest absolute Gasteiger partial charge is 0.224 e. The Morgan fingerprint density at radius 1 is 1.32 bits per heavy atom. The Hall–Kier alpha value is -1.89. The first kappa shape index (κ1) is 15.2. The highest BCUT2D eigenvalue weighted by Gasteiger charge is 2.24. The van der Waals surface area contributed by atoms with Crippen molar-refractivity contribution in [3.63, 3.8) is 0 Å². The number of methoxy groups -OCH3 is 2. The van der Waals surface area contributed by atoms with Gasteiger partial charge >= 0.3 is 0 Å². The van der Waals surface area contributed by atoms with E-state index < -0.39 is 5.41 Å².